The van der Waals surface area contributed by atoms with Crippen LogP contribution in [-0.2, 0) is 13.0 Å². The summed E-state index contributed by atoms with van der Waals surface area (Å²) < 4.78 is 0. The Morgan fingerprint density at radius 3 is 2.17 bits per heavy atom. The molecule has 1 heterocycles. The largest absolute Gasteiger partial charge is 0.383 e. The van der Waals surface area contributed by atoms with Gasteiger partial charge in [0.1, 0.15) is 5.82 Å². The van der Waals surface area contributed by atoms with E-state index in [1.165, 1.54) is 5.56 Å². The van der Waals surface area contributed by atoms with Crippen LogP contribution in [0.4, 0.5) is 5.82 Å². The molecule has 0 amide bonds. The number of nitrogens with two attached hydrogens (primary N) is 2. The van der Waals surface area contributed by atoms with Crippen LogP contribution in [0, 0.1) is 0 Å². The Bertz CT molecular complexity index is 796. The zero-order valence-corrected chi connectivity index (χ0v) is 13.2. The van der Waals surface area contributed by atoms with E-state index in [-0.39, 0.29) is 0 Å². The molecule has 4 nitrogen and oxygen atoms in total. The van der Waals surface area contributed by atoms with Gasteiger partial charge in [-0.1, -0.05) is 61.5 Å². The number of rotatable bonds is 4. The number of hydrogen-bond donors (Lipinski definition) is 2. The normalized spacial score (nSPS) is 10.7. The second-order valence-corrected chi connectivity index (χ2v) is 5.38. The monoisotopic (exact) mass is 304 g/mol. The van der Waals surface area contributed by atoms with E-state index in [2.05, 4.69) is 36.2 Å². The highest BCUT2D eigenvalue weighted by Gasteiger charge is 2.14. The summed E-state index contributed by atoms with van der Waals surface area (Å²) in [5.41, 5.74) is 16.8. The van der Waals surface area contributed by atoms with Gasteiger partial charge in [-0.2, -0.15) is 0 Å². The fourth-order valence-electron chi connectivity index (χ4n) is 2.56. The third kappa shape index (κ3) is 3.07. The molecule has 0 fully saturated rings. The van der Waals surface area contributed by atoms with E-state index < -0.39 is 0 Å². The van der Waals surface area contributed by atoms with E-state index in [0.717, 1.165) is 28.8 Å². The summed E-state index contributed by atoms with van der Waals surface area (Å²) in [5, 5.41) is 0. The van der Waals surface area contributed by atoms with Crippen molar-refractivity contribution >= 4 is 5.82 Å². The molecule has 0 bridgehead atoms. The van der Waals surface area contributed by atoms with Gasteiger partial charge in [0.15, 0.2) is 5.82 Å². The molecule has 0 saturated carbocycles. The van der Waals surface area contributed by atoms with Crippen molar-refractivity contribution in [3.8, 4) is 22.6 Å². The number of nitrogens with zero attached hydrogens (tertiary/aromatic N) is 2. The van der Waals surface area contributed by atoms with Crippen molar-refractivity contribution in [3.05, 3.63) is 65.7 Å². The average molecular weight is 304 g/mol. The summed E-state index contributed by atoms with van der Waals surface area (Å²) >= 11 is 0. The van der Waals surface area contributed by atoms with E-state index in [1.807, 2.05) is 30.3 Å². The first kappa shape index (κ1) is 15.2. The Morgan fingerprint density at radius 2 is 1.57 bits per heavy atom. The minimum atomic E-state index is 0.311. The number of nitrogen functional groups attached to an aromatic ring is 1. The van der Waals surface area contributed by atoms with Gasteiger partial charge in [0.05, 0.1) is 5.69 Å². The van der Waals surface area contributed by atoms with Crippen LogP contribution in [0.5, 0.6) is 0 Å². The average Bonchev–Trinajstić information content (AvgIpc) is 2.62. The Morgan fingerprint density at radius 1 is 0.870 bits per heavy atom. The van der Waals surface area contributed by atoms with Gasteiger partial charge < -0.3 is 11.5 Å². The molecular weight excluding hydrogens is 284 g/mol. The van der Waals surface area contributed by atoms with Crippen LogP contribution in [0.2, 0.25) is 0 Å². The van der Waals surface area contributed by atoms with Gasteiger partial charge in [-0.05, 0) is 12.0 Å². The highest BCUT2D eigenvalue weighted by molar-refractivity contribution is 5.71. The summed E-state index contributed by atoms with van der Waals surface area (Å²) in [6.45, 7) is 2.45. The number of anilines is 1. The molecule has 4 heteroatoms. The molecule has 0 atom stereocenters. The summed E-state index contributed by atoms with van der Waals surface area (Å²) in [5.74, 6) is 1.06. The molecule has 0 unspecified atom stereocenters. The van der Waals surface area contributed by atoms with Crippen molar-refractivity contribution < 1.29 is 0 Å². The number of aromatic nitrogens is 2. The summed E-state index contributed by atoms with van der Waals surface area (Å²) in [6, 6.07) is 18.2. The maximum absolute atomic E-state index is 6.13. The number of hydrogen-bond acceptors (Lipinski definition) is 4. The van der Waals surface area contributed by atoms with Crippen molar-refractivity contribution in [1.29, 1.82) is 0 Å². The van der Waals surface area contributed by atoms with Crippen LogP contribution in [-0.4, -0.2) is 9.97 Å². The highest BCUT2D eigenvalue weighted by Crippen LogP contribution is 2.28. The third-order valence-electron chi connectivity index (χ3n) is 3.91. The van der Waals surface area contributed by atoms with Crippen LogP contribution in [0.15, 0.2) is 54.6 Å². The lowest BCUT2D eigenvalue weighted by Gasteiger charge is -2.12. The van der Waals surface area contributed by atoms with Gasteiger partial charge in [-0.15, -0.1) is 0 Å². The van der Waals surface area contributed by atoms with Crippen LogP contribution < -0.4 is 11.5 Å². The molecule has 0 saturated heterocycles. The van der Waals surface area contributed by atoms with E-state index in [1.54, 1.807) is 0 Å². The first-order valence-electron chi connectivity index (χ1n) is 7.74. The summed E-state index contributed by atoms with van der Waals surface area (Å²) in [6.07, 6.45) is 1.01. The predicted molar refractivity (Wildman–Crippen MR) is 94.6 cm³/mol. The topological polar surface area (TPSA) is 77.8 Å². The molecule has 23 heavy (non-hydrogen) atoms. The Labute approximate surface area is 136 Å². The molecule has 0 spiro atoms. The van der Waals surface area contributed by atoms with Gasteiger partial charge in [0.25, 0.3) is 0 Å². The quantitative estimate of drug-likeness (QED) is 0.774. The van der Waals surface area contributed by atoms with Gasteiger partial charge in [-0.25, -0.2) is 9.97 Å². The highest BCUT2D eigenvalue weighted by atomic mass is 15.0. The zero-order valence-electron chi connectivity index (χ0n) is 13.2. The molecule has 3 aromatic rings. The van der Waals surface area contributed by atoms with Crippen molar-refractivity contribution in [2.45, 2.75) is 19.9 Å². The molecule has 1 aromatic heterocycles. The van der Waals surface area contributed by atoms with E-state index in [0.29, 0.717) is 18.2 Å². The molecule has 3 rings (SSSR count). The van der Waals surface area contributed by atoms with Crippen LogP contribution in [0.3, 0.4) is 0 Å². The molecule has 4 N–H and O–H groups in total. The second-order valence-electron chi connectivity index (χ2n) is 5.38. The van der Waals surface area contributed by atoms with E-state index >= 15 is 0 Å². The molecule has 0 aliphatic rings. The zero-order chi connectivity index (χ0) is 16.2. The molecular formula is C19H20N4. The number of aryl methyl sites for hydroxylation is 1. The first-order valence-corrected chi connectivity index (χ1v) is 7.74. The Hall–Kier alpha value is -2.72. The molecule has 2 aromatic carbocycles. The van der Waals surface area contributed by atoms with Crippen LogP contribution in [0.1, 0.15) is 18.1 Å². The second kappa shape index (κ2) is 6.58. The lowest BCUT2D eigenvalue weighted by molar-refractivity contribution is 1.03. The fraction of sp³-hybridized carbons (Fsp3) is 0.158. The molecule has 0 aliphatic carbocycles. The lowest BCUT2D eigenvalue weighted by Crippen LogP contribution is -2.09. The van der Waals surface area contributed by atoms with Crippen molar-refractivity contribution in [3.63, 3.8) is 0 Å². The predicted octanol–water partition coefficient (Wildman–Crippen LogP) is 3.41. The number of benzene rings is 2. The standard InChI is InChI=1S/C19H20N4/c1-2-13-8-10-14(11-9-13)17-16(12-20)18(21)23-19(22-17)15-6-4-3-5-7-15/h3-11H,2,12,20H2,1H3,(H2,21,22,23). The Balaban J connectivity index is 2.15. The fourth-order valence-corrected chi connectivity index (χ4v) is 2.56. The van der Waals surface area contributed by atoms with Crippen molar-refractivity contribution in [2.75, 3.05) is 5.73 Å². The van der Waals surface area contributed by atoms with E-state index in [9.17, 15) is 0 Å². The Kier molecular flexibility index (Phi) is 4.35. The molecule has 0 aliphatic heterocycles. The molecule has 0 radical (unpaired) electrons. The SMILES string of the molecule is CCc1ccc(-c2nc(-c3ccccc3)nc(N)c2CN)cc1. The summed E-state index contributed by atoms with van der Waals surface area (Å²) in [7, 11) is 0. The van der Waals surface area contributed by atoms with Gasteiger partial charge in [0.2, 0.25) is 0 Å². The van der Waals surface area contributed by atoms with Crippen LogP contribution >= 0.6 is 0 Å². The van der Waals surface area contributed by atoms with Gasteiger partial charge in [0, 0.05) is 23.2 Å². The maximum Gasteiger partial charge on any atom is 0.162 e. The van der Waals surface area contributed by atoms with Gasteiger partial charge >= 0.3 is 0 Å². The van der Waals surface area contributed by atoms with Gasteiger partial charge in [-0.3, -0.25) is 0 Å². The van der Waals surface area contributed by atoms with Crippen molar-refractivity contribution in [2.24, 2.45) is 5.73 Å². The minimum absolute atomic E-state index is 0.311. The molecule has 116 valence electrons. The first-order chi connectivity index (χ1) is 11.2. The third-order valence-corrected chi connectivity index (χ3v) is 3.91. The smallest absolute Gasteiger partial charge is 0.162 e. The van der Waals surface area contributed by atoms with E-state index in [4.69, 9.17) is 16.5 Å². The minimum Gasteiger partial charge on any atom is -0.383 e. The lowest BCUT2D eigenvalue weighted by atomic mass is 10.0. The van der Waals surface area contributed by atoms with Crippen LogP contribution in [0.25, 0.3) is 22.6 Å². The summed E-state index contributed by atoms with van der Waals surface area (Å²) in [4.78, 5) is 9.15. The van der Waals surface area contributed by atoms with Crippen molar-refractivity contribution in [1.82, 2.24) is 9.97 Å². The maximum atomic E-state index is 6.13.